The van der Waals surface area contributed by atoms with Crippen LogP contribution in [0.1, 0.15) is 28.6 Å². The number of benzene rings is 2. The first-order valence-corrected chi connectivity index (χ1v) is 10.8. The average Bonchev–Trinajstić information content (AvgIpc) is 2.77. The third-order valence-corrected chi connectivity index (χ3v) is 5.15. The minimum Gasteiger partial charge on any atom is -0.439 e. The summed E-state index contributed by atoms with van der Waals surface area (Å²) in [6, 6.07) is 12.1. The number of primary amides is 1. The molecule has 3 aromatic rings. The number of pyridine rings is 1. The topological polar surface area (TPSA) is 94.3 Å². The maximum Gasteiger partial charge on any atom is 0.471 e. The van der Waals surface area contributed by atoms with Gasteiger partial charge in [-0.15, -0.1) is 0 Å². The number of rotatable bonds is 5. The van der Waals surface area contributed by atoms with Crippen molar-refractivity contribution in [3.05, 3.63) is 93.2 Å². The molecule has 0 saturated heterocycles. The Hall–Kier alpha value is -3.98. The van der Waals surface area contributed by atoms with Gasteiger partial charge in [-0.2, -0.15) is 13.2 Å². The molecule has 12 heteroatoms. The summed E-state index contributed by atoms with van der Waals surface area (Å²) in [5.41, 5.74) is 4.98. The highest BCUT2D eigenvalue weighted by atomic mass is 79.9. The molecule has 1 atom stereocenters. The highest BCUT2D eigenvalue weighted by Crippen LogP contribution is 2.32. The Morgan fingerprint density at radius 2 is 1.69 bits per heavy atom. The van der Waals surface area contributed by atoms with Crippen LogP contribution in [0.25, 0.3) is 0 Å². The van der Waals surface area contributed by atoms with Gasteiger partial charge in [-0.25, -0.2) is 18.6 Å². The number of aromatic nitrogens is 1. The zero-order chi connectivity index (χ0) is 26.5. The van der Waals surface area contributed by atoms with Gasteiger partial charge < -0.3 is 15.8 Å². The van der Waals surface area contributed by atoms with Crippen LogP contribution in [0.3, 0.4) is 0 Å². The molecule has 0 radical (unpaired) electrons. The number of anilines is 1. The fourth-order valence-corrected chi connectivity index (χ4v) is 3.62. The molecule has 3 rings (SSSR count). The number of nitrogens with zero attached hydrogens (tertiary/aromatic N) is 1. The molecule has 1 unspecified atom stereocenters. The summed E-state index contributed by atoms with van der Waals surface area (Å²) in [6.07, 6.45) is -8.03. The average molecular weight is 568 g/mol. The van der Waals surface area contributed by atoms with E-state index in [1.165, 1.54) is 0 Å². The fourth-order valence-electron chi connectivity index (χ4n) is 3.04. The molecule has 1 aromatic heterocycles. The first-order valence-electron chi connectivity index (χ1n) is 9.99. The summed E-state index contributed by atoms with van der Waals surface area (Å²) < 4.78 is 71.0. The van der Waals surface area contributed by atoms with Gasteiger partial charge in [-0.1, -0.05) is 24.1 Å². The quantitative estimate of drug-likeness (QED) is 0.319. The van der Waals surface area contributed by atoms with Gasteiger partial charge in [-0.05, 0) is 57.7 Å². The van der Waals surface area contributed by atoms with E-state index in [0.29, 0.717) is 11.6 Å². The largest absolute Gasteiger partial charge is 0.471 e. The first-order chi connectivity index (χ1) is 16.9. The zero-order valence-corrected chi connectivity index (χ0v) is 19.6. The van der Waals surface area contributed by atoms with Gasteiger partial charge in [0.05, 0.1) is 11.4 Å². The lowest BCUT2D eigenvalue weighted by Gasteiger charge is -2.19. The molecule has 36 heavy (non-hydrogen) atoms. The highest BCUT2D eigenvalue weighted by Gasteiger charge is 2.39. The van der Waals surface area contributed by atoms with Gasteiger partial charge in [-0.3, -0.25) is 4.79 Å². The highest BCUT2D eigenvalue weighted by molar-refractivity contribution is 9.10. The van der Waals surface area contributed by atoms with E-state index in [-0.39, 0.29) is 33.5 Å². The lowest BCUT2D eigenvalue weighted by Crippen LogP contribution is -2.30. The summed E-state index contributed by atoms with van der Waals surface area (Å²) in [7, 11) is 0. The lowest BCUT2D eigenvalue weighted by molar-refractivity contribution is -0.167. The van der Waals surface area contributed by atoms with Crippen molar-refractivity contribution in [1.82, 2.24) is 4.98 Å². The van der Waals surface area contributed by atoms with Crippen molar-refractivity contribution in [3.8, 4) is 11.8 Å². The second kappa shape index (κ2) is 11.2. The van der Waals surface area contributed by atoms with E-state index in [4.69, 9.17) is 10.5 Å². The third-order valence-electron chi connectivity index (χ3n) is 4.51. The minimum atomic E-state index is -5.19. The van der Waals surface area contributed by atoms with Crippen molar-refractivity contribution >= 4 is 33.6 Å². The van der Waals surface area contributed by atoms with Crippen molar-refractivity contribution in [1.29, 1.82) is 0 Å². The Bertz CT molecular complexity index is 1330. The summed E-state index contributed by atoms with van der Waals surface area (Å²) >= 11 is 3.13. The normalized spacial score (nSPS) is 11.7. The van der Waals surface area contributed by atoms with Crippen molar-refractivity contribution in [2.75, 3.05) is 5.32 Å². The van der Waals surface area contributed by atoms with E-state index < -0.39 is 35.9 Å². The number of nitrogens with one attached hydrogen (secondary N) is 1. The van der Waals surface area contributed by atoms with Crippen LogP contribution < -0.4 is 11.1 Å². The number of alkyl halides is 3. The molecule has 0 bridgehead atoms. The van der Waals surface area contributed by atoms with Gasteiger partial charge in [0.1, 0.15) is 17.3 Å². The monoisotopic (exact) mass is 567 g/mol. The van der Waals surface area contributed by atoms with Crippen LogP contribution in [0.4, 0.5) is 32.4 Å². The summed E-state index contributed by atoms with van der Waals surface area (Å²) in [5, 5.41) is 1.71. The lowest BCUT2D eigenvalue weighted by atomic mass is 10.0. The number of carbonyl (C=O) groups is 2. The Morgan fingerprint density at radius 1 is 1.06 bits per heavy atom. The Kier molecular flexibility index (Phi) is 8.26. The summed E-state index contributed by atoms with van der Waals surface area (Å²) in [6.45, 7) is 0. The molecule has 1 heterocycles. The summed E-state index contributed by atoms with van der Waals surface area (Å²) in [4.78, 5) is 27.3. The van der Waals surface area contributed by atoms with Crippen molar-refractivity contribution in [3.63, 3.8) is 0 Å². The molecule has 3 N–H and O–H groups in total. The van der Waals surface area contributed by atoms with E-state index in [0.717, 1.165) is 18.2 Å². The number of carbonyl (C=O) groups excluding carboxylic acids is 2. The Labute approximate surface area is 209 Å². The van der Waals surface area contributed by atoms with Crippen LogP contribution in [0.5, 0.6) is 0 Å². The second-order valence-corrected chi connectivity index (χ2v) is 8.08. The van der Waals surface area contributed by atoms with Crippen molar-refractivity contribution in [2.45, 2.75) is 18.7 Å². The van der Waals surface area contributed by atoms with E-state index in [2.05, 4.69) is 32.8 Å². The molecule has 0 aliphatic heterocycles. The first kappa shape index (κ1) is 26.6. The molecule has 0 aliphatic carbocycles. The second-order valence-electron chi connectivity index (χ2n) is 7.23. The van der Waals surface area contributed by atoms with Crippen molar-refractivity contribution < 1.29 is 36.3 Å². The van der Waals surface area contributed by atoms with E-state index in [1.54, 1.807) is 35.6 Å². The minimum absolute atomic E-state index is 0.00774. The van der Waals surface area contributed by atoms with Gasteiger partial charge in [0.15, 0.2) is 6.10 Å². The molecule has 2 aromatic carbocycles. The molecule has 0 aliphatic rings. The number of nitrogens with two attached hydrogens (primary N) is 1. The molecular weight excluding hydrogens is 553 g/mol. The fraction of sp³-hybridized carbons (Fsp3) is 0.125. The molecule has 0 fully saturated rings. The maximum atomic E-state index is 13.7. The van der Waals surface area contributed by atoms with Gasteiger partial charge >= 0.3 is 18.2 Å². The van der Waals surface area contributed by atoms with Gasteiger partial charge in [0, 0.05) is 22.5 Å². The molecule has 0 saturated carbocycles. The molecular formula is C24H15BrF5N3O3. The Morgan fingerprint density at radius 3 is 2.28 bits per heavy atom. The zero-order valence-electron chi connectivity index (χ0n) is 18.0. The van der Waals surface area contributed by atoms with Crippen LogP contribution in [0.2, 0.25) is 0 Å². The standard InChI is InChI=1S/C24H15BrF5N3O3/c25-17-12-19(33-22(34)24(28,29)30)18(7-6-13-4-2-1-3-5-13)32-21(17)20(36-23(31)35)10-14-8-15(26)11-16(27)9-14/h1-5,8-9,11-12,20H,10H2,(H2,31,35)(H,33,34). The molecule has 6 nitrogen and oxygen atoms in total. The third kappa shape index (κ3) is 7.26. The molecule has 2 amide bonds. The molecule has 0 spiro atoms. The summed E-state index contributed by atoms with van der Waals surface area (Å²) in [5.74, 6) is 1.28. The molecule has 186 valence electrons. The SMILES string of the molecule is NC(=O)OC(Cc1cc(F)cc(F)c1)c1nc(C#Cc2ccccc2)c(NC(=O)C(F)(F)F)cc1Br. The number of halogens is 6. The number of hydrogen-bond donors (Lipinski definition) is 2. The smallest absolute Gasteiger partial charge is 0.439 e. The van der Waals surface area contributed by atoms with Crippen LogP contribution in [-0.4, -0.2) is 23.2 Å². The van der Waals surface area contributed by atoms with Crippen LogP contribution in [-0.2, 0) is 16.0 Å². The van der Waals surface area contributed by atoms with E-state index in [9.17, 15) is 31.5 Å². The van der Waals surface area contributed by atoms with E-state index >= 15 is 0 Å². The number of amides is 2. The van der Waals surface area contributed by atoms with Crippen molar-refractivity contribution in [2.24, 2.45) is 5.73 Å². The number of hydrogen-bond acceptors (Lipinski definition) is 4. The van der Waals surface area contributed by atoms with Gasteiger partial charge in [0.25, 0.3) is 0 Å². The Balaban J connectivity index is 2.10. The van der Waals surface area contributed by atoms with Crippen LogP contribution >= 0.6 is 15.9 Å². The number of ether oxygens (including phenoxy) is 1. The maximum absolute atomic E-state index is 13.7. The van der Waals surface area contributed by atoms with E-state index in [1.807, 2.05) is 0 Å². The predicted octanol–water partition coefficient (Wildman–Crippen LogP) is 5.40. The predicted molar refractivity (Wildman–Crippen MR) is 123 cm³/mol. The van der Waals surface area contributed by atoms with Crippen LogP contribution in [0, 0.1) is 23.5 Å². The van der Waals surface area contributed by atoms with Gasteiger partial charge in [0.2, 0.25) is 0 Å². The van der Waals surface area contributed by atoms with Crippen LogP contribution in [0.15, 0.2) is 59.1 Å².